The zero-order valence-corrected chi connectivity index (χ0v) is 10.5. The van der Waals surface area contributed by atoms with Gasteiger partial charge in [0.15, 0.2) is 5.16 Å². The average molecular weight is 256 g/mol. The van der Waals surface area contributed by atoms with Crippen LogP contribution in [0.15, 0.2) is 16.0 Å². The van der Waals surface area contributed by atoms with Crippen molar-refractivity contribution >= 4 is 17.7 Å². The highest BCUT2D eigenvalue weighted by Crippen LogP contribution is 2.13. The molecule has 1 rings (SSSR count). The summed E-state index contributed by atoms with van der Waals surface area (Å²) in [6.07, 6.45) is 2.07. The monoisotopic (exact) mass is 256 g/mol. The zero-order valence-electron chi connectivity index (χ0n) is 9.66. The molecule has 0 saturated carbocycles. The predicted octanol–water partition coefficient (Wildman–Crippen LogP) is 0.331. The number of aromatic amines is 1. The Labute approximate surface area is 103 Å². The van der Waals surface area contributed by atoms with Crippen LogP contribution in [0.2, 0.25) is 0 Å². The summed E-state index contributed by atoms with van der Waals surface area (Å²) in [6.45, 7) is 1.78. The van der Waals surface area contributed by atoms with Gasteiger partial charge >= 0.3 is 0 Å². The fourth-order valence-electron chi connectivity index (χ4n) is 1.25. The standard InChI is InChI=1S/C10H16N4O2S/c1-7-6-9(16)13-10(12-7)17-5-3-2-4-8(15)14-11/h6H,2-5,11H2,1H3,(H,14,15)(H,12,13,16). The Kier molecular flexibility index (Phi) is 5.71. The van der Waals surface area contributed by atoms with Crippen molar-refractivity contribution < 1.29 is 4.79 Å². The maximum Gasteiger partial charge on any atom is 0.251 e. The van der Waals surface area contributed by atoms with Crippen molar-refractivity contribution in [1.29, 1.82) is 0 Å². The van der Waals surface area contributed by atoms with Gasteiger partial charge in [-0.15, -0.1) is 0 Å². The Bertz CT molecular complexity index is 433. The molecule has 0 atom stereocenters. The van der Waals surface area contributed by atoms with Crippen molar-refractivity contribution in [3.05, 3.63) is 22.1 Å². The molecule has 7 heteroatoms. The van der Waals surface area contributed by atoms with Crippen molar-refractivity contribution in [2.75, 3.05) is 5.75 Å². The van der Waals surface area contributed by atoms with Crippen molar-refractivity contribution in [3.8, 4) is 0 Å². The van der Waals surface area contributed by atoms with Crippen LogP contribution >= 0.6 is 11.8 Å². The molecule has 0 spiro atoms. The van der Waals surface area contributed by atoms with Gasteiger partial charge in [-0.1, -0.05) is 11.8 Å². The third-order valence-corrected chi connectivity index (χ3v) is 3.01. The number of aromatic nitrogens is 2. The Morgan fingerprint density at radius 1 is 1.59 bits per heavy atom. The number of nitrogens with one attached hydrogen (secondary N) is 2. The van der Waals surface area contributed by atoms with Crippen molar-refractivity contribution in [2.45, 2.75) is 31.3 Å². The topological polar surface area (TPSA) is 101 Å². The molecule has 0 aromatic carbocycles. The van der Waals surface area contributed by atoms with Gasteiger partial charge in [0.05, 0.1) is 0 Å². The molecular formula is C10H16N4O2S. The molecule has 0 fully saturated rings. The van der Waals surface area contributed by atoms with Crippen molar-refractivity contribution in [3.63, 3.8) is 0 Å². The first kappa shape index (κ1) is 13.7. The highest BCUT2D eigenvalue weighted by molar-refractivity contribution is 7.99. The molecule has 0 aliphatic heterocycles. The fourth-order valence-corrected chi connectivity index (χ4v) is 2.17. The molecule has 6 nitrogen and oxygen atoms in total. The van der Waals surface area contributed by atoms with Crippen LogP contribution in [0.5, 0.6) is 0 Å². The highest BCUT2D eigenvalue weighted by Gasteiger charge is 2.01. The second kappa shape index (κ2) is 7.08. The molecule has 0 aliphatic rings. The molecule has 1 aromatic heterocycles. The minimum absolute atomic E-state index is 0.137. The molecule has 0 saturated heterocycles. The summed E-state index contributed by atoms with van der Waals surface area (Å²) in [6, 6.07) is 1.45. The van der Waals surface area contributed by atoms with Crippen LogP contribution in [0, 0.1) is 6.92 Å². The van der Waals surface area contributed by atoms with E-state index in [9.17, 15) is 9.59 Å². The number of hydrazine groups is 1. The molecule has 0 radical (unpaired) electrons. The summed E-state index contributed by atoms with van der Waals surface area (Å²) < 4.78 is 0. The lowest BCUT2D eigenvalue weighted by Crippen LogP contribution is -2.29. The number of carbonyl (C=O) groups is 1. The summed E-state index contributed by atoms with van der Waals surface area (Å²) in [5, 5.41) is 0.623. The molecule has 1 heterocycles. The predicted molar refractivity (Wildman–Crippen MR) is 66.5 cm³/mol. The van der Waals surface area contributed by atoms with Gasteiger partial charge in [0.1, 0.15) is 0 Å². The third-order valence-electron chi connectivity index (χ3n) is 2.05. The summed E-state index contributed by atoms with van der Waals surface area (Å²) in [7, 11) is 0. The number of hydrogen-bond acceptors (Lipinski definition) is 5. The van der Waals surface area contributed by atoms with Crippen LogP contribution < -0.4 is 16.8 Å². The first-order valence-corrected chi connectivity index (χ1v) is 6.30. The Hall–Kier alpha value is -1.34. The minimum atomic E-state index is -0.155. The smallest absolute Gasteiger partial charge is 0.251 e. The molecule has 1 aromatic rings. The lowest BCUT2D eigenvalue weighted by Gasteiger charge is -2.01. The average Bonchev–Trinajstić information content (AvgIpc) is 2.27. The molecule has 94 valence electrons. The summed E-state index contributed by atoms with van der Waals surface area (Å²) in [4.78, 5) is 28.8. The molecule has 0 unspecified atom stereocenters. The van der Waals surface area contributed by atoms with Gasteiger partial charge in [-0.25, -0.2) is 10.8 Å². The lowest BCUT2D eigenvalue weighted by atomic mass is 10.2. The molecule has 0 aliphatic carbocycles. The molecule has 0 bridgehead atoms. The van der Waals surface area contributed by atoms with E-state index in [1.807, 2.05) is 0 Å². The van der Waals surface area contributed by atoms with E-state index in [1.165, 1.54) is 17.8 Å². The van der Waals surface area contributed by atoms with Gasteiger partial charge in [0.2, 0.25) is 5.91 Å². The maximum atomic E-state index is 11.2. The van der Waals surface area contributed by atoms with Gasteiger partial charge in [-0.3, -0.25) is 15.0 Å². The van der Waals surface area contributed by atoms with Crippen LogP contribution in [-0.2, 0) is 4.79 Å². The van der Waals surface area contributed by atoms with E-state index in [-0.39, 0.29) is 11.5 Å². The van der Waals surface area contributed by atoms with E-state index in [1.54, 1.807) is 6.92 Å². The number of carbonyl (C=O) groups excluding carboxylic acids is 1. The van der Waals surface area contributed by atoms with Crippen LogP contribution in [0.4, 0.5) is 0 Å². The molecular weight excluding hydrogens is 240 g/mol. The first-order valence-electron chi connectivity index (χ1n) is 5.32. The molecule has 17 heavy (non-hydrogen) atoms. The number of nitrogens with zero attached hydrogens (tertiary/aromatic N) is 1. The van der Waals surface area contributed by atoms with E-state index in [0.717, 1.165) is 18.6 Å². The maximum absolute atomic E-state index is 11.2. The largest absolute Gasteiger partial charge is 0.301 e. The number of thioether (sulfide) groups is 1. The first-order chi connectivity index (χ1) is 8.11. The summed E-state index contributed by atoms with van der Waals surface area (Å²) >= 11 is 1.48. The number of rotatable bonds is 6. The molecule has 4 N–H and O–H groups in total. The number of hydrogen-bond donors (Lipinski definition) is 3. The Balaban J connectivity index is 2.26. The van der Waals surface area contributed by atoms with Gasteiger partial charge in [-0.05, 0) is 19.8 Å². The van der Waals surface area contributed by atoms with Crippen LogP contribution in [0.3, 0.4) is 0 Å². The second-order valence-corrected chi connectivity index (χ2v) is 4.65. The number of H-pyrrole nitrogens is 1. The van der Waals surface area contributed by atoms with Crippen molar-refractivity contribution in [1.82, 2.24) is 15.4 Å². The van der Waals surface area contributed by atoms with Crippen molar-refractivity contribution in [2.24, 2.45) is 5.84 Å². The zero-order chi connectivity index (χ0) is 12.7. The Morgan fingerprint density at radius 3 is 3.00 bits per heavy atom. The second-order valence-electron chi connectivity index (χ2n) is 3.57. The number of amides is 1. The normalized spacial score (nSPS) is 10.2. The van der Waals surface area contributed by atoms with E-state index < -0.39 is 0 Å². The third kappa shape index (κ3) is 5.50. The number of unbranched alkanes of at least 4 members (excludes halogenated alkanes) is 1. The molecule has 1 amide bonds. The Morgan fingerprint density at radius 2 is 2.35 bits per heavy atom. The fraction of sp³-hybridized carbons (Fsp3) is 0.500. The minimum Gasteiger partial charge on any atom is -0.301 e. The van der Waals surface area contributed by atoms with Crippen LogP contribution in [-0.4, -0.2) is 21.6 Å². The number of aryl methyl sites for hydroxylation is 1. The van der Waals surface area contributed by atoms with Crippen LogP contribution in [0.1, 0.15) is 25.0 Å². The van der Waals surface area contributed by atoms with E-state index in [2.05, 4.69) is 15.4 Å². The van der Waals surface area contributed by atoms with Gasteiger partial charge in [0, 0.05) is 23.9 Å². The summed E-state index contributed by atoms with van der Waals surface area (Å²) in [5.41, 5.74) is 2.65. The van der Waals surface area contributed by atoms with Crippen LogP contribution in [0.25, 0.3) is 0 Å². The number of nitrogens with two attached hydrogens (primary N) is 1. The quantitative estimate of drug-likeness (QED) is 0.170. The van der Waals surface area contributed by atoms with Gasteiger partial charge < -0.3 is 4.98 Å². The van der Waals surface area contributed by atoms with Gasteiger partial charge in [0.25, 0.3) is 5.56 Å². The van der Waals surface area contributed by atoms with E-state index >= 15 is 0 Å². The highest BCUT2D eigenvalue weighted by atomic mass is 32.2. The summed E-state index contributed by atoms with van der Waals surface area (Å²) in [5.74, 6) is 5.61. The van der Waals surface area contributed by atoms with E-state index in [4.69, 9.17) is 5.84 Å². The van der Waals surface area contributed by atoms with Gasteiger partial charge in [-0.2, -0.15) is 0 Å². The van der Waals surface area contributed by atoms with E-state index in [0.29, 0.717) is 17.3 Å². The lowest BCUT2D eigenvalue weighted by molar-refractivity contribution is -0.121. The SMILES string of the molecule is Cc1cc(=O)[nH]c(SCCCCC(=O)NN)n1.